The minimum atomic E-state index is -2.77. The Morgan fingerprint density at radius 2 is 2.07 bits per heavy atom. The number of aromatic nitrogens is 2. The van der Waals surface area contributed by atoms with E-state index in [9.17, 15) is 8.78 Å². The predicted octanol–water partition coefficient (Wildman–Crippen LogP) is 0.556. The Morgan fingerprint density at radius 1 is 1.40 bits per heavy atom. The van der Waals surface area contributed by atoms with Gasteiger partial charge in [-0.3, -0.25) is 4.98 Å². The van der Waals surface area contributed by atoms with Crippen molar-refractivity contribution in [3.05, 3.63) is 12.4 Å². The summed E-state index contributed by atoms with van der Waals surface area (Å²) >= 11 is 0. The summed E-state index contributed by atoms with van der Waals surface area (Å²) < 4.78 is 23.9. The molecule has 3 N–H and O–H groups in total. The summed E-state index contributed by atoms with van der Waals surface area (Å²) in [4.78, 5) is 7.80. The van der Waals surface area contributed by atoms with Gasteiger partial charge in [0.25, 0.3) is 6.43 Å². The van der Waals surface area contributed by atoms with E-state index in [0.717, 1.165) is 0 Å². The Bertz CT molecular complexity index is 310. The first-order valence-electron chi connectivity index (χ1n) is 4.33. The van der Waals surface area contributed by atoms with Crippen LogP contribution in [-0.4, -0.2) is 41.2 Å². The van der Waals surface area contributed by atoms with Gasteiger partial charge in [0.05, 0.1) is 12.4 Å². The zero-order chi connectivity index (χ0) is 11.3. The molecule has 7 heteroatoms. The number of nitrogens with zero attached hydrogens (tertiary/aromatic N) is 2. The minimum Gasteiger partial charge on any atom is -0.385 e. The molecule has 1 rings (SSSR count). The summed E-state index contributed by atoms with van der Waals surface area (Å²) in [6.07, 6.45) is -1.59. The monoisotopic (exact) mass is 218 g/mol. The summed E-state index contributed by atoms with van der Waals surface area (Å²) in [6, 6.07) is 0. The molecule has 0 saturated carbocycles. The molecule has 0 aliphatic rings. The molecule has 84 valence electrons. The van der Waals surface area contributed by atoms with Gasteiger partial charge in [-0.15, -0.1) is 0 Å². The third-order valence-corrected chi connectivity index (χ3v) is 1.67. The summed E-state index contributed by atoms with van der Waals surface area (Å²) in [5.74, 6) is 0.855. The van der Waals surface area contributed by atoms with Gasteiger partial charge in [-0.25, -0.2) is 13.8 Å². The molecule has 0 aliphatic heterocycles. The van der Waals surface area contributed by atoms with E-state index < -0.39 is 12.5 Å². The van der Waals surface area contributed by atoms with Gasteiger partial charge in [0, 0.05) is 13.6 Å². The highest BCUT2D eigenvalue weighted by Gasteiger charge is 2.16. The quantitative estimate of drug-likeness (QED) is 0.673. The predicted molar refractivity (Wildman–Crippen MR) is 52.1 cm³/mol. The van der Waals surface area contributed by atoms with Crippen LogP contribution in [0.5, 0.6) is 0 Å². The molecule has 0 saturated heterocycles. The number of aliphatic hydroxyl groups is 1. The second-order valence-electron chi connectivity index (χ2n) is 2.82. The molecule has 0 amide bonds. The van der Waals surface area contributed by atoms with Crippen molar-refractivity contribution in [2.24, 2.45) is 0 Å². The van der Waals surface area contributed by atoms with Crippen molar-refractivity contribution in [2.75, 3.05) is 24.2 Å². The Kier molecular flexibility index (Phi) is 4.17. The number of aliphatic hydroxyl groups excluding tert-OH is 1. The summed E-state index contributed by atoms with van der Waals surface area (Å²) in [5.41, 5.74) is 0. The van der Waals surface area contributed by atoms with Gasteiger partial charge < -0.3 is 15.7 Å². The fraction of sp³-hybridized carbons (Fsp3) is 0.500. The number of rotatable bonds is 5. The molecule has 5 nitrogen and oxygen atoms in total. The molecule has 0 aromatic carbocycles. The van der Waals surface area contributed by atoms with Crippen LogP contribution in [0.3, 0.4) is 0 Å². The van der Waals surface area contributed by atoms with Gasteiger partial charge in [0.15, 0.2) is 0 Å². The first-order valence-corrected chi connectivity index (χ1v) is 4.33. The van der Waals surface area contributed by atoms with Gasteiger partial charge in [-0.1, -0.05) is 0 Å². The molecule has 0 radical (unpaired) electrons. The molecular weight excluding hydrogens is 206 g/mol. The van der Waals surface area contributed by atoms with Crippen molar-refractivity contribution in [3.8, 4) is 0 Å². The average Bonchev–Trinajstić information content (AvgIpc) is 2.26. The van der Waals surface area contributed by atoms with Gasteiger partial charge >= 0.3 is 0 Å². The molecular formula is C8H12F2N4O. The molecule has 1 aromatic rings. The molecule has 15 heavy (non-hydrogen) atoms. The van der Waals surface area contributed by atoms with Crippen molar-refractivity contribution in [1.82, 2.24) is 9.97 Å². The second kappa shape index (κ2) is 5.40. The van der Waals surface area contributed by atoms with E-state index in [-0.39, 0.29) is 6.54 Å². The van der Waals surface area contributed by atoms with Crippen LogP contribution in [0, 0.1) is 0 Å². The van der Waals surface area contributed by atoms with E-state index in [1.807, 2.05) is 0 Å². The zero-order valence-corrected chi connectivity index (χ0v) is 8.11. The topological polar surface area (TPSA) is 70.1 Å². The number of halogens is 2. The molecule has 1 unspecified atom stereocenters. The maximum absolute atomic E-state index is 11.9. The molecule has 0 bridgehead atoms. The largest absolute Gasteiger partial charge is 0.385 e. The van der Waals surface area contributed by atoms with E-state index in [1.54, 1.807) is 7.05 Å². The molecule has 0 fully saturated rings. The fourth-order valence-corrected chi connectivity index (χ4v) is 0.870. The zero-order valence-electron chi connectivity index (χ0n) is 8.11. The maximum Gasteiger partial charge on any atom is 0.265 e. The van der Waals surface area contributed by atoms with Crippen molar-refractivity contribution in [3.63, 3.8) is 0 Å². The van der Waals surface area contributed by atoms with Gasteiger partial charge in [-0.2, -0.15) is 0 Å². The van der Waals surface area contributed by atoms with Crippen molar-refractivity contribution < 1.29 is 13.9 Å². The molecule has 1 heterocycles. The van der Waals surface area contributed by atoms with Gasteiger partial charge in [-0.05, 0) is 0 Å². The van der Waals surface area contributed by atoms with Crippen LogP contribution >= 0.6 is 0 Å². The summed E-state index contributed by atoms with van der Waals surface area (Å²) in [6.45, 7) is -0.264. The van der Waals surface area contributed by atoms with E-state index in [0.29, 0.717) is 11.6 Å². The standard InChI is InChI=1S/C8H12F2N4O/c1-11-6-3-12-4-7(14-6)13-2-5(15)8(9)10/h3-5,8,15H,2H2,1H3,(H2,11,13,14). The molecule has 1 aromatic heterocycles. The lowest BCUT2D eigenvalue weighted by Crippen LogP contribution is -2.27. The van der Waals surface area contributed by atoms with Crippen LogP contribution in [-0.2, 0) is 0 Å². The number of alkyl halides is 2. The van der Waals surface area contributed by atoms with Crippen molar-refractivity contribution in [2.45, 2.75) is 12.5 Å². The smallest absolute Gasteiger partial charge is 0.265 e. The third-order valence-electron chi connectivity index (χ3n) is 1.67. The second-order valence-corrected chi connectivity index (χ2v) is 2.82. The fourth-order valence-electron chi connectivity index (χ4n) is 0.870. The van der Waals surface area contributed by atoms with Crippen LogP contribution in [0.15, 0.2) is 12.4 Å². The Hall–Kier alpha value is -1.50. The Balaban J connectivity index is 2.50. The average molecular weight is 218 g/mol. The minimum absolute atomic E-state index is 0.264. The first kappa shape index (κ1) is 11.6. The highest BCUT2D eigenvalue weighted by molar-refractivity contribution is 5.40. The van der Waals surface area contributed by atoms with Crippen molar-refractivity contribution >= 4 is 11.6 Å². The maximum atomic E-state index is 11.9. The lowest BCUT2D eigenvalue weighted by atomic mass is 10.4. The van der Waals surface area contributed by atoms with Crippen LogP contribution < -0.4 is 10.6 Å². The summed E-state index contributed by atoms with van der Waals surface area (Å²) in [7, 11) is 1.67. The number of nitrogens with one attached hydrogen (secondary N) is 2. The van der Waals surface area contributed by atoms with Crippen LogP contribution in [0.25, 0.3) is 0 Å². The van der Waals surface area contributed by atoms with Crippen LogP contribution in [0.2, 0.25) is 0 Å². The SMILES string of the molecule is CNc1cncc(NCC(O)C(F)F)n1. The lowest BCUT2D eigenvalue weighted by molar-refractivity contribution is 0.00380. The first-order chi connectivity index (χ1) is 7.13. The van der Waals surface area contributed by atoms with E-state index in [4.69, 9.17) is 5.11 Å². The van der Waals surface area contributed by atoms with Gasteiger partial charge in [0.1, 0.15) is 17.7 Å². The highest BCUT2D eigenvalue weighted by Crippen LogP contribution is 2.07. The highest BCUT2D eigenvalue weighted by atomic mass is 19.3. The van der Waals surface area contributed by atoms with E-state index >= 15 is 0 Å². The Morgan fingerprint density at radius 3 is 2.67 bits per heavy atom. The van der Waals surface area contributed by atoms with Crippen LogP contribution in [0.1, 0.15) is 0 Å². The molecule has 0 aliphatic carbocycles. The number of hydrogen-bond donors (Lipinski definition) is 3. The summed E-state index contributed by atoms with van der Waals surface area (Å²) in [5, 5.41) is 14.1. The Labute approximate surface area is 85.6 Å². The van der Waals surface area contributed by atoms with Crippen molar-refractivity contribution in [1.29, 1.82) is 0 Å². The normalized spacial score (nSPS) is 12.6. The number of hydrogen-bond acceptors (Lipinski definition) is 5. The van der Waals surface area contributed by atoms with Gasteiger partial charge in [0.2, 0.25) is 0 Å². The van der Waals surface area contributed by atoms with E-state index in [2.05, 4.69) is 20.6 Å². The molecule has 0 spiro atoms. The number of anilines is 2. The molecule has 1 atom stereocenters. The van der Waals surface area contributed by atoms with Crippen LogP contribution in [0.4, 0.5) is 20.4 Å². The third kappa shape index (κ3) is 3.62. The van der Waals surface area contributed by atoms with E-state index in [1.165, 1.54) is 12.4 Å². The lowest BCUT2D eigenvalue weighted by Gasteiger charge is -2.11.